The molecular weight excluding hydrogens is 370 g/mol. The molecule has 1 atom stereocenters. The van der Waals surface area contributed by atoms with Crippen LogP contribution in [0.5, 0.6) is 0 Å². The topological polar surface area (TPSA) is 65.0 Å². The molecule has 2 heterocycles. The number of hydrogen-bond acceptors (Lipinski definition) is 6. The molecule has 0 spiro atoms. The van der Waals surface area contributed by atoms with Gasteiger partial charge in [0.1, 0.15) is 5.76 Å². The molecule has 0 N–H and O–H groups in total. The van der Waals surface area contributed by atoms with Crippen LogP contribution in [0.2, 0.25) is 0 Å². The summed E-state index contributed by atoms with van der Waals surface area (Å²) in [6.45, 7) is 4.09. The van der Waals surface area contributed by atoms with Crippen LogP contribution >= 0.6 is 11.8 Å². The SMILES string of the molecule is Cc1oc(-c2ccccc2)nc1CSc1nnc(CC(C)c2ccccc2)o1. The van der Waals surface area contributed by atoms with Gasteiger partial charge in [-0.25, -0.2) is 4.98 Å². The highest BCUT2D eigenvalue weighted by molar-refractivity contribution is 7.98. The molecule has 2 aromatic heterocycles. The molecule has 0 amide bonds. The van der Waals surface area contributed by atoms with Crippen LogP contribution in [0.15, 0.2) is 74.7 Å². The first kappa shape index (κ1) is 18.5. The number of aromatic nitrogens is 3. The van der Waals surface area contributed by atoms with Crippen LogP contribution in [0.25, 0.3) is 11.5 Å². The zero-order valence-corrected chi connectivity index (χ0v) is 16.6. The van der Waals surface area contributed by atoms with Crippen molar-refractivity contribution in [1.29, 1.82) is 0 Å². The maximum Gasteiger partial charge on any atom is 0.276 e. The number of benzene rings is 2. The molecule has 0 bridgehead atoms. The number of aryl methyl sites for hydroxylation is 1. The number of oxazole rings is 1. The average Bonchev–Trinajstić information content (AvgIpc) is 3.34. The van der Waals surface area contributed by atoms with E-state index in [1.165, 1.54) is 17.3 Å². The first-order chi connectivity index (χ1) is 13.7. The summed E-state index contributed by atoms with van der Waals surface area (Å²) in [5.41, 5.74) is 3.12. The molecule has 142 valence electrons. The summed E-state index contributed by atoms with van der Waals surface area (Å²) < 4.78 is 11.6. The van der Waals surface area contributed by atoms with E-state index in [-0.39, 0.29) is 0 Å². The highest BCUT2D eigenvalue weighted by atomic mass is 32.2. The lowest BCUT2D eigenvalue weighted by atomic mass is 9.98. The zero-order valence-electron chi connectivity index (χ0n) is 15.8. The van der Waals surface area contributed by atoms with Crippen LogP contribution in [0, 0.1) is 6.92 Å². The predicted octanol–water partition coefficient (Wildman–Crippen LogP) is 5.67. The molecule has 0 saturated heterocycles. The molecule has 0 saturated carbocycles. The number of thioether (sulfide) groups is 1. The van der Waals surface area contributed by atoms with Gasteiger partial charge in [0.2, 0.25) is 11.8 Å². The number of rotatable bonds is 7. The molecule has 2 aromatic carbocycles. The van der Waals surface area contributed by atoms with Gasteiger partial charge in [0.05, 0.1) is 5.69 Å². The smallest absolute Gasteiger partial charge is 0.276 e. The van der Waals surface area contributed by atoms with Crippen molar-refractivity contribution in [1.82, 2.24) is 15.2 Å². The minimum absolute atomic E-state index is 0.325. The van der Waals surface area contributed by atoms with E-state index in [9.17, 15) is 0 Å². The average molecular weight is 391 g/mol. The Morgan fingerprint density at radius 2 is 1.64 bits per heavy atom. The van der Waals surface area contributed by atoms with E-state index in [2.05, 4.69) is 34.2 Å². The van der Waals surface area contributed by atoms with Gasteiger partial charge < -0.3 is 8.83 Å². The van der Waals surface area contributed by atoms with E-state index in [1.807, 2.05) is 55.5 Å². The summed E-state index contributed by atoms with van der Waals surface area (Å²) in [6.07, 6.45) is 0.721. The van der Waals surface area contributed by atoms with Crippen LogP contribution in [0.4, 0.5) is 0 Å². The van der Waals surface area contributed by atoms with E-state index in [1.54, 1.807) is 0 Å². The fourth-order valence-corrected chi connectivity index (χ4v) is 3.72. The Morgan fingerprint density at radius 1 is 0.929 bits per heavy atom. The Balaban J connectivity index is 1.38. The molecule has 5 nitrogen and oxygen atoms in total. The summed E-state index contributed by atoms with van der Waals surface area (Å²) in [7, 11) is 0. The summed E-state index contributed by atoms with van der Waals surface area (Å²) >= 11 is 1.48. The lowest BCUT2D eigenvalue weighted by Crippen LogP contribution is -1.98. The Kier molecular flexibility index (Phi) is 5.58. The molecular formula is C22H21N3O2S. The van der Waals surface area contributed by atoms with E-state index < -0.39 is 0 Å². The van der Waals surface area contributed by atoms with Gasteiger partial charge in [-0.3, -0.25) is 0 Å². The van der Waals surface area contributed by atoms with Crippen molar-refractivity contribution in [3.63, 3.8) is 0 Å². The predicted molar refractivity (Wildman–Crippen MR) is 109 cm³/mol. The molecule has 4 rings (SSSR count). The zero-order chi connectivity index (χ0) is 19.3. The van der Waals surface area contributed by atoms with Gasteiger partial charge in [-0.2, -0.15) is 0 Å². The first-order valence-corrected chi connectivity index (χ1v) is 10.2. The maximum absolute atomic E-state index is 5.81. The highest BCUT2D eigenvalue weighted by Crippen LogP contribution is 2.28. The highest BCUT2D eigenvalue weighted by Gasteiger charge is 2.15. The van der Waals surface area contributed by atoms with Crippen molar-refractivity contribution in [2.24, 2.45) is 0 Å². The van der Waals surface area contributed by atoms with Crippen molar-refractivity contribution < 1.29 is 8.83 Å². The molecule has 0 radical (unpaired) electrons. The summed E-state index contributed by atoms with van der Waals surface area (Å²) in [5.74, 6) is 3.05. The largest absolute Gasteiger partial charge is 0.441 e. The van der Waals surface area contributed by atoms with Crippen LogP contribution < -0.4 is 0 Å². The Hall–Kier alpha value is -2.86. The summed E-state index contributed by atoms with van der Waals surface area (Å²) in [6, 6.07) is 20.2. The Morgan fingerprint density at radius 3 is 2.39 bits per heavy atom. The van der Waals surface area contributed by atoms with Crippen molar-refractivity contribution in [2.75, 3.05) is 0 Å². The normalized spacial score (nSPS) is 12.2. The number of nitrogens with zero attached hydrogens (tertiary/aromatic N) is 3. The Bertz CT molecular complexity index is 1030. The standard InChI is InChI=1S/C22H21N3O2S/c1-15(17-9-5-3-6-10-17)13-20-24-25-22(27-20)28-14-19-16(2)26-21(23-19)18-11-7-4-8-12-18/h3-12,15H,13-14H2,1-2H3. The van der Waals surface area contributed by atoms with Gasteiger partial charge in [0, 0.05) is 17.7 Å². The van der Waals surface area contributed by atoms with E-state index in [0.29, 0.717) is 28.7 Å². The second-order valence-electron chi connectivity index (χ2n) is 6.65. The third kappa shape index (κ3) is 4.34. The Labute approximate surface area is 168 Å². The van der Waals surface area contributed by atoms with Gasteiger partial charge in [0.25, 0.3) is 5.22 Å². The number of hydrogen-bond donors (Lipinski definition) is 0. The third-order valence-corrected chi connectivity index (χ3v) is 5.37. The quantitative estimate of drug-likeness (QED) is 0.378. The van der Waals surface area contributed by atoms with E-state index in [4.69, 9.17) is 8.83 Å². The first-order valence-electron chi connectivity index (χ1n) is 9.21. The van der Waals surface area contributed by atoms with Gasteiger partial charge >= 0.3 is 0 Å². The molecule has 28 heavy (non-hydrogen) atoms. The molecule has 4 aromatic rings. The van der Waals surface area contributed by atoms with Crippen molar-refractivity contribution >= 4 is 11.8 Å². The molecule has 0 aliphatic rings. The maximum atomic E-state index is 5.81. The van der Waals surface area contributed by atoms with Crippen LogP contribution in [-0.4, -0.2) is 15.2 Å². The summed E-state index contributed by atoms with van der Waals surface area (Å²) in [4.78, 5) is 4.61. The van der Waals surface area contributed by atoms with E-state index in [0.717, 1.165) is 23.4 Å². The van der Waals surface area contributed by atoms with Crippen LogP contribution in [0.1, 0.15) is 35.7 Å². The van der Waals surface area contributed by atoms with Crippen molar-refractivity contribution in [2.45, 2.75) is 37.2 Å². The minimum Gasteiger partial charge on any atom is -0.441 e. The van der Waals surface area contributed by atoms with Gasteiger partial charge in [0.15, 0.2) is 0 Å². The van der Waals surface area contributed by atoms with Crippen LogP contribution in [-0.2, 0) is 12.2 Å². The lowest BCUT2D eigenvalue weighted by Gasteiger charge is -2.08. The van der Waals surface area contributed by atoms with Crippen LogP contribution in [0.3, 0.4) is 0 Å². The monoisotopic (exact) mass is 391 g/mol. The molecule has 0 aliphatic heterocycles. The fraction of sp³-hybridized carbons (Fsp3) is 0.227. The fourth-order valence-electron chi connectivity index (χ4n) is 2.94. The molecule has 0 fully saturated rings. The second kappa shape index (κ2) is 8.44. The van der Waals surface area contributed by atoms with Crippen molar-refractivity contribution in [3.8, 4) is 11.5 Å². The lowest BCUT2D eigenvalue weighted by molar-refractivity contribution is 0.404. The third-order valence-electron chi connectivity index (χ3n) is 4.54. The molecule has 1 unspecified atom stereocenters. The van der Waals surface area contributed by atoms with Gasteiger partial charge in [-0.1, -0.05) is 67.2 Å². The van der Waals surface area contributed by atoms with Gasteiger partial charge in [-0.15, -0.1) is 10.2 Å². The molecule has 0 aliphatic carbocycles. The minimum atomic E-state index is 0.325. The van der Waals surface area contributed by atoms with Crippen molar-refractivity contribution in [3.05, 3.63) is 83.6 Å². The van der Waals surface area contributed by atoms with Gasteiger partial charge in [-0.05, 0) is 30.5 Å². The van der Waals surface area contributed by atoms with E-state index >= 15 is 0 Å². The molecule has 6 heteroatoms. The summed E-state index contributed by atoms with van der Waals surface area (Å²) in [5, 5.41) is 8.90. The second-order valence-corrected chi connectivity index (χ2v) is 7.58.